The Morgan fingerprint density at radius 2 is 1.78 bits per heavy atom. The second-order valence-corrected chi connectivity index (χ2v) is 8.03. The van der Waals surface area contributed by atoms with Gasteiger partial charge in [-0.3, -0.25) is 14.9 Å². The van der Waals surface area contributed by atoms with Crippen LogP contribution in [0.1, 0.15) is 31.4 Å². The number of thiophene rings is 1. The van der Waals surface area contributed by atoms with Crippen LogP contribution < -0.4 is 10.6 Å². The maximum Gasteiger partial charge on any atom is 0.291 e. The fourth-order valence-electron chi connectivity index (χ4n) is 2.58. The number of nitrogens with zero attached hydrogens (tertiary/aromatic N) is 1. The number of nitrogens with one attached hydrogen (secondary N) is 2. The van der Waals surface area contributed by atoms with E-state index in [4.69, 9.17) is 4.42 Å². The molecule has 0 saturated carbocycles. The first-order valence-corrected chi connectivity index (χ1v) is 9.77. The molecule has 8 heteroatoms. The molecule has 3 heterocycles. The van der Waals surface area contributed by atoms with Crippen LogP contribution in [0.25, 0.3) is 10.2 Å². The summed E-state index contributed by atoms with van der Waals surface area (Å²) < 4.78 is 6.13. The molecule has 0 bridgehead atoms. The van der Waals surface area contributed by atoms with Gasteiger partial charge in [0.05, 0.1) is 26.4 Å². The molecule has 4 rings (SSSR count). The first-order valence-electron chi connectivity index (χ1n) is 8.14. The molecule has 0 aliphatic rings. The number of carbonyl (C=O) groups excluding carboxylic acids is 2. The molecule has 6 nitrogen and oxygen atoms in total. The Morgan fingerprint density at radius 1 is 0.963 bits per heavy atom. The minimum atomic E-state index is -0.356. The van der Waals surface area contributed by atoms with Crippen molar-refractivity contribution in [2.45, 2.75) is 13.8 Å². The average molecular weight is 397 g/mol. The van der Waals surface area contributed by atoms with Gasteiger partial charge in [0.15, 0.2) is 10.9 Å². The van der Waals surface area contributed by atoms with Gasteiger partial charge in [-0.2, -0.15) is 0 Å². The summed E-state index contributed by atoms with van der Waals surface area (Å²) in [4.78, 5) is 29.5. The number of hydrogen-bond donors (Lipinski definition) is 2. The molecule has 4 aromatic rings. The molecule has 2 amide bonds. The quantitative estimate of drug-likeness (QED) is 0.503. The van der Waals surface area contributed by atoms with Crippen LogP contribution in [0.5, 0.6) is 0 Å². The van der Waals surface area contributed by atoms with E-state index in [0.717, 1.165) is 21.3 Å². The Hall–Kier alpha value is -2.97. The van der Waals surface area contributed by atoms with Crippen molar-refractivity contribution in [2.75, 3.05) is 10.6 Å². The standard InChI is InChI=1S/C19H15N3O3S2/c1-10-5-6-11(2)16-15(10)21-19(27-16)22-18(24)13-7-8-14(26-13)20-17(23)12-4-3-9-25-12/h3-9H,1-2H3,(H,20,23)(H,21,22,24). The van der Waals surface area contributed by atoms with Crippen molar-refractivity contribution >= 4 is 54.8 Å². The van der Waals surface area contributed by atoms with Crippen LogP contribution in [0.3, 0.4) is 0 Å². The van der Waals surface area contributed by atoms with Crippen LogP contribution in [0.15, 0.2) is 47.1 Å². The Morgan fingerprint density at radius 3 is 2.52 bits per heavy atom. The smallest absolute Gasteiger partial charge is 0.291 e. The lowest BCUT2D eigenvalue weighted by Gasteiger charge is -1.99. The number of aryl methyl sites for hydroxylation is 2. The van der Waals surface area contributed by atoms with E-state index < -0.39 is 0 Å². The second kappa shape index (κ2) is 6.98. The number of amides is 2. The van der Waals surface area contributed by atoms with E-state index in [9.17, 15) is 9.59 Å². The predicted octanol–water partition coefficient (Wildman–Crippen LogP) is 5.07. The Bertz CT molecular complexity index is 1100. The minimum Gasteiger partial charge on any atom is -0.459 e. The zero-order chi connectivity index (χ0) is 19.0. The predicted molar refractivity (Wildman–Crippen MR) is 108 cm³/mol. The third-order valence-electron chi connectivity index (χ3n) is 3.97. The van der Waals surface area contributed by atoms with Gasteiger partial charge < -0.3 is 9.73 Å². The zero-order valence-electron chi connectivity index (χ0n) is 14.5. The van der Waals surface area contributed by atoms with Crippen molar-refractivity contribution in [1.82, 2.24) is 4.98 Å². The topological polar surface area (TPSA) is 84.2 Å². The van der Waals surface area contributed by atoms with Crippen molar-refractivity contribution in [1.29, 1.82) is 0 Å². The van der Waals surface area contributed by atoms with Crippen LogP contribution in [0.4, 0.5) is 10.1 Å². The highest BCUT2D eigenvalue weighted by atomic mass is 32.1. The largest absolute Gasteiger partial charge is 0.459 e. The number of carbonyl (C=O) groups is 2. The highest BCUT2D eigenvalue weighted by molar-refractivity contribution is 7.22. The SMILES string of the molecule is Cc1ccc(C)c2sc(NC(=O)c3ccc(NC(=O)c4ccco4)s3)nc12. The lowest BCUT2D eigenvalue weighted by atomic mass is 10.1. The molecule has 0 saturated heterocycles. The van der Waals surface area contributed by atoms with E-state index in [-0.39, 0.29) is 17.6 Å². The number of benzene rings is 1. The van der Waals surface area contributed by atoms with E-state index in [1.165, 1.54) is 28.9 Å². The number of furan rings is 1. The fraction of sp³-hybridized carbons (Fsp3) is 0.105. The molecule has 1 aromatic carbocycles. The van der Waals surface area contributed by atoms with E-state index >= 15 is 0 Å². The maximum absolute atomic E-state index is 12.5. The van der Waals surface area contributed by atoms with Crippen LogP contribution in [0, 0.1) is 13.8 Å². The van der Waals surface area contributed by atoms with Gasteiger partial charge in [-0.15, -0.1) is 11.3 Å². The maximum atomic E-state index is 12.5. The summed E-state index contributed by atoms with van der Waals surface area (Å²) in [7, 11) is 0. The molecule has 27 heavy (non-hydrogen) atoms. The Balaban J connectivity index is 1.49. The number of fused-ring (bicyclic) bond motifs is 1. The summed E-state index contributed by atoms with van der Waals surface area (Å²) in [5.41, 5.74) is 3.12. The van der Waals surface area contributed by atoms with Gasteiger partial charge in [0.25, 0.3) is 11.8 Å². The van der Waals surface area contributed by atoms with E-state index in [0.29, 0.717) is 15.0 Å². The Labute approximate surface area is 162 Å². The third kappa shape index (κ3) is 3.49. The highest BCUT2D eigenvalue weighted by Crippen LogP contribution is 2.31. The molecule has 0 spiro atoms. The van der Waals surface area contributed by atoms with Crippen LogP contribution in [-0.2, 0) is 0 Å². The second-order valence-electron chi connectivity index (χ2n) is 5.95. The van der Waals surface area contributed by atoms with Crippen LogP contribution >= 0.6 is 22.7 Å². The summed E-state index contributed by atoms with van der Waals surface area (Å²) in [6.45, 7) is 4.03. The lowest BCUT2D eigenvalue weighted by Crippen LogP contribution is -2.10. The molecule has 0 fully saturated rings. The van der Waals surface area contributed by atoms with E-state index in [2.05, 4.69) is 21.7 Å². The van der Waals surface area contributed by atoms with E-state index in [1.54, 1.807) is 24.3 Å². The molecule has 0 atom stereocenters. The number of thiazole rings is 1. The minimum absolute atomic E-state index is 0.217. The monoisotopic (exact) mass is 397 g/mol. The van der Waals surface area contributed by atoms with Crippen molar-refractivity contribution in [3.05, 3.63) is 64.4 Å². The van der Waals surface area contributed by atoms with Crippen molar-refractivity contribution < 1.29 is 14.0 Å². The first-order chi connectivity index (χ1) is 13.0. The molecule has 3 aromatic heterocycles. The summed E-state index contributed by atoms with van der Waals surface area (Å²) >= 11 is 2.65. The van der Waals surface area contributed by atoms with Crippen molar-refractivity contribution in [3.63, 3.8) is 0 Å². The molecular weight excluding hydrogens is 382 g/mol. The van der Waals surface area contributed by atoms with Gasteiger partial charge in [-0.05, 0) is 49.2 Å². The van der Waals surface area contributed by atoms with Crippen LogP contribution in [0.2, 0.25) is 0 Å². The summed E-state index contributed by atoms with van der Waals surface area (Å²) in [5.74, 6) is -0.395. The summed E-state index contributed by atoms with van der Waals surface area (Å²) in [6.07, 6.45) is 1.43. The highest BCUT2D eigenvalue weighted by Gasteiger charge is 2.16. The normalized spacial score (nSPS) is 10.9. The van der Waals surface area contributed by atoms with E-state index in [1.807, 2.05) is 19.9 Å². The third-order valence-corrected chi connectivity index (χ3v) is 6.08. The number of rotatable bonds is 4. The molecule has 2 N–H and O–H groups in total. The van der Waals surface area contributed by atoms with Gasteiger partial charge in [0, 0.05) is 0 Å². The van der Waals surface area contributed by atoms with Crippen LogP contribution in [-0.4, -0.2) is 16.8 Å². The van der Waals surface area contributed by atoms with Crippen molar-refractivity contribution in [2.24, 2.45) is 0 Å². The van der Waals surface area contributed by atoms with Gasteiger partial charge in [-0.25, -0.2) is 4.98 Å². The van der Waals surface area contributed by atoms with Gasteiger partial charge in [0.1, 0.15) is 0 Å². The molecular formula is C19H15N3O3S2. The fourth-order valence-corrected chi connectivity index (χ4v) is 4.38. The van der Waals surface area contributed by atoms with Gasteiger partial charge in [-0.1, -0.05) is 23.5 Å². The van der Waals surface area contributed by atoms with Crippen molar-refractivity contribution in [3.8, 4) is 0 Å². The molecule has 0 aliphatic carbocycles. The first kappa shape index (κ1) is 17.4. The lowest BCUT2D eigenvalue weighted by molar-refractivity contribution is 0.0995. The Kier molecular flexibility index (Phi) is 4.51. The summed E-state index contributed by atoms with van der Waals surface area (Å²) in [5, 5.41) is 6.68. The van der Waals surface area contributed by atoms with Gasteiger partial charge in [0.2, 0.25) is 0 Å². The molecule has 136 valence electrons. The number of anilines is 2. The van der Waals surface area contributed by atoms with Gasteiger partial charge >= 0.3 is 0 Å². The molecule has 0 aliphatic heterocycles. The number of aromatic nitrogens is 1. The zero-order valence-corrected chi connectivity index (χ0v) is 16.2. The molecule has 0 radical (unpaired) electrons. The summed E-state index contributed by atoms with van der Waals surface area (Å²) in [6, 6.07) is 10.6. The molecule has 0 unspecified atom stereocenters. The average Bonchev–Trinajstić information content (AvgIpc) is 3.38. The number of hydrogen-bond acceptors (Lipinski definition) is 6.